The second-order valence-electron chi connectivity index (χ2n) is 2.28. The standard InChI is InChI=1S/C8H12N2O/c1-3-6(4-2)7-5-8(9)10-11-7/h3,5H,4H2,1-2H3,(H2,9,10). The first kappa shape index (κ1) is 7.85. The Morgan fingerprint density at radius 3 is 2.91 bits per heavy atom. The summed E-state index contributed by atoms with van der Waals surface area (Å²) in [5.41, 5.74) is 6.53. The van der Waals surface area contributed by atoms with E-state index in [0.29, 0.717) is 5.82 Å². The summed E-state index contributed by atoms with van der Waals surface area (Å²) in [5, 5.41) is 3.60. The van der Waals surface area contributed by atoms with Gasteiger partial charge >= 0.3 is 0 Å². The Hall–Kier alpha value is -1.25. The van der Waals surface area contributed by atoms with Gasteiger partial charge in [-0.2, -0.15) is 0 Å². The molecule has 3 heteroatoms. The van der Waals surface area contributed by atoms with Crippen molar-refractivity contribution in [2.45, 2.75) is 20.3 Å². The number of nitrogen functional groups attached to an aromatic ring is 1. The molecule has 0 fully saturated rings. The van der Waals surface area contributed by atoms with E-state index in [2.05, 4.69) is 12.1 Å². The molecule has 0 unspecified atom stereocenters. The predicted octanol–water partition coefficient (Wildman–Crippen LogP) is 2.07. The number of anilines is 1. The van der Waals surface area contributed by atoms with Crippen LogP contribution in [0.3, 0.4) is 0 Å². The van der Waals surface area contributed by atoms with Crippen LogP contribution in [0.5, 0.6) is 0 Å². The van der Waals surface area contributed by atoms with Crippen molar-refractivity contribution in [3.05, 3.63) is 17.9 Å². The fraction of sp³-hybridized carbons (Fsp3) is 0.375. The molecule has 0 atom stereocenters. The van der Waals surface area contributed by atoms with E-state index in [-0.39, 0.29) is 0 Å². The van der Waals surface area contributed by atoms with Crippen molar-refractivity contribution in [3.8, 4) is 0 Å². The average Bonchev–Trinajstić information content (AvgIpc) is 2.39. The summed E-state index contributed by atoms with van der Waals surface area (Å²) in [4.78, 5) is 0. The molecule has 11 heavy (non-hydrogen) atoms. The van der Waals surface area contributed by atoms with Crippen molar-refractivity contribution in [3.63, 3.8) is 0 Å². The van der Waals surface area contributed by atoms with Crippen LogP contribution in [0.25, 0.3) is 5.57 Å². The predicted molar refractivity (Wildman–Crippen MR) is 44.9 cm³/mol. The first-order valence-electron chi connectivity index (χ1n) is 3.65. The Bertz CT molecular complexity index is 263. The van der Waals surface area contributed by atoms with E-state index in [9.17, 15) is 0 Å². The molecule has 0 aliphatic carbocycles. The Morgan fingerprint density at radius 2 is 2.55 bits per heavy atom. The summed E-state index contributed by atoms with van der Waals surface area (Å²) < 4.78 is 4.96. The summed E-state index contributed by atoms with van der Waals surface area (Å²) in [6, 6.07) is 1.73. The van der Waals surface area contributed by atoms with Crippen LogP contribution in [0.2, 0.25) is 0 Å². The second kappa shape index (κ2) is 3.23. The van der Waals surface area contributed by atoms with Gasteiger partial charge in [-0.25, -0.2) is 0 Å². The third-order valence-corrected chi connectivity index (χ3v) is 1.57. The minimum absolute atomic E-state index is 0.438. The van der Waals surface area contributed by atoms with Crippen LogP contribution in [0.15, 0.2) is 16.7 Å². The monoisotopic (exact) mass is 152 g/mol. The molecule has 0 saturated heterocycles. The van der Waals surface area contributed by atoms with Gasteiger partial charge in [0, 0.05) is 6.07 Å². The van der Waals surface area contributed by atoms with Gasteiger partial charge in [0.25, 0.3) is 0 Å². The maximum Gasteiger partial charge on any atom is 0.167 e. The van der Waals surface area contributed by atoms with E-state index in [1.54, 1.807) is 6.07 Å². The molecule has 60 valence electrons. The van der Waals surface area contributed by atoms with Crippen LogP contribution in [0.1, 0.15) is 26.0 Å². The molecule has 0 radical (unpaired) electrons. The molecule has 0 aliphatic heterocycles. The van der Waals surface area contributed by atoms with Crippen molar-refractivity contribution in [1.29, 1.82) is 0 Å². The van der Waals surface area contributed by atoms with Gasteiger partial charge in [-0.05, 0) is 18.9 Å². The molecule has 0 bridgehead atoms. The van der Waals surface area contributed by atoms with Crippen LogP contribution in [-0.2, 0) is 0 Å². The van der Waals surface area contributed by atoms with Crippen molar-refractivity contribution in [2.24, 2.45) is 0 Å². The summed E-state index contributed by atoms with van der Waals surface area (Å²) in [6.45, 7) is 4.03. The van der Waals surface area contributed by atoms with Crippen molar-refractivity contribution in [1.82, 2.24) is 5.16 Å². The van der Waals surface area contributed by atoms with Crippen LogP contribution < -0.4 is 5.73 Å². The number of rotatable bonds is 2. The zero-order valence-electron chi connectivity index (χ0n) is 6.79. The first-order chi connectivity index (χ1) is 5.27. The zero-order valence-corrected chi connectivity index (χ0v) is 6.79. The lowest BCUT2D eigenvalue weighted by atomic mass is 10.1. The minimum Gasteiger partial charge on any atom is -0.381 e. The van der Waals surface area contributed by atoms with E-state index < -0.39 is 0 Å². The molecule has 1 aromatic rings. The SMILES string of the molecule is CC=C(CC)c1cc(N)no1. The lowest BCUT2D eigenvalue weighted by molar-refractivity contribution is 0.412. The summed E-state index contributed by atoms with van der Waals surface area (Å²) in [6.07, 6.45) is 2.94. The van der Waals surface area contributed by atoms with E-state index in [1.807, 2.05) is 13.0 Å². The van der Waals surface area contributed by atoms with Crippen LogP contribution >= 0.6 is 0 Å². The van der Waals surface area contributed by atoms with E-state index in [4.69, 9.17) is 10.3 Å². The topological polar surface area (TPSA) is 52.0 Å². The number of hydrogen-bond donors (Lipinski definition) is 1. The molecular weight excluding hydrogens is 140 g/mol. The highest BCUT2D eigenvalue weighted by molar-refractivity contribution is 5.62. The molecule has 0 amide bonds. The lowest BCUT2D eigenvalue weighted by Crippen LogP contribution is -1.80. The van der Waals surface area contributed by atoms with Crippen LogP contribution in [-0.4, -0.2) is 5.16 Å². The molecule has 1 heterocycles. The van der Waals surface area contributed by atoms with Crippen molar-refractivity contribution < 1.29 is 4.52 Å². The normalized spacial score (nSPS) is 12.0. The largest absolute Gasteiger partial charge is 0.381 e. The average molecular weight is 152 g/mol. The summed E-state index contributed by atoms with van der Waals surface area (Å²) in [7, 11) is 0. The van der Waals surface area contributed by atoms with Gasteiger partial charge in [-0.15, -0.1) is 0 Å². The van der Waals surface area contributed by atoms with Gasteiger partial charge in [-0.3, -0.25) is 0 Å². The fourth-order valence-electron chi connectivity index (χ4n) is 0.961. The highest BCUT2D eigenvalue weighted by Gasteiger charge is 2.03. The third kappa shape index (κ3) is 1.61. The number of aromatic nitrogens is 1. The highest BCUT2D eigenvalue weighted by atomic mass is 16.5. The Morgan fingerprint density at radius 1 is 1.82 bits per heavy atom. The number of nitrogens with two attached hydrogens (primary N) is 1. The first-order valence-corrected chi connectivity index (χ1v) is 3.65. The maximum atomic E-state index is 5.39. The highest BCUT2D eigenvalue weighted by Crippen LogP contribution is 2.18. The quantitative estimate of drug-likeness (QED) is 0.705. The Kier molecular flexibility index (Phi) is 2.31. The molecule has 0 spiro atoms. The van der Waals surface area contributed by atoms with Gasteiger partial charge in [0.1, 0.15) is 0 Å². The minimum atomic E-state index is 0.438. The Labute approximate surface area is 65.9 Å². The summed E-state index contributed by atoms with van der Waals surface area (Å²) in [5.74, 6) is 1.21. The lowest BCUT2D eigenvalue weighted by Gasteiger charge is -1.94. The van der Waals surface area contributed by atoms with E-state index >= 15 is 0 Å². The van der Waals surface area contributed by atoms with Crippen molar-refractivity contribution in [2.75, 3.05) is 5.73 Å². The molecule has 1 aromatic heterocycles. The zero-order chi connectivity index (χ0) is 8.27. The van der Waals surface area contributed by atoms with E-state index in [0.717, 1.165) is 17.8 Å². The van der Waals surface area contributed by atoms with Gasteiger partial charge in [0.05, 0.1) is 0 Å². The van der Waals surface area contributed by atoms with Crippen LogP contribution in [0, 0.1) is 0 Å². The molecule has 1 rings (SSSR count). The number of allylic oxidation sites excluding steroid dienone is 2. The van der Waals surface area contributed by atoms with E-state index in [1.165, 1.54) is 0 Å². The molecule has 0 saturated carbocycles. The Balaban J connectivity index is 2.91. The summed E-state index contributed by atoms with van der Waals surface area (Å²) >= 11 is 0. The number of hydrogen-bond acceptors (Lipinski definition) is 3. The van der Waals surface area contributed by atoms with Crippen LogP contribution in [0.4, 0.5) is 5.82 Å². The van der Waals surface area contributed by atoms with Gasteiger partial charge < -0.3 is 10.3 Å². The molecule has 3 nitrogen and oxygen atoms in total. The van der Waals surface area contributed by atoms with Gasteiger partial charge in [0.2, 0.25) is 0 Å². The number of nitrogens with zero attached hydrogens (tertiary/aromatic N) is 1. The van der Waals surface area contributed by atoms with Gasteiger partial charge in [-0.1, -0.05) is 18.2 Å². The van der Waals surface area contributed by atoms with Crippen molar-refractivity contribution >= 4 is 11.4 Å². The smallest absolute Gasteiger partial charge is 0.167 e. The molecule has 0 aromatic carbocycles. The molecular formula is C8H12N2O. The molecule has 0 aliphatic rings. The third-order valence-electron chi connectivity index (χ3n) is 1.57. The maximum absolute atomic E-state index is 5.39. The van der Waals surface area contributed by atoms with Gasteiger partial charge in [0.15, 0.2) is 11.6 Å². The second-order valence-corrected chi connectivity index (χ2v) is 2.28. The molecule has 2 N–H and O–H groups in total. The fourth-order valence-corrected chi connectivity index (χ4v) is 0.961.